The number of piperazine rings is 1. The third-order valence-corrected chi connectivity index (χ3v) is 7.19. The number of hydrogen-bond donors (Lipinski definition) is 2. The van der Waals surface area contributed by atoms with E-state index in [1.54, 1.807) is 55.6 Å². The van der Waals surface area contributed by atoms with Gasteiger partial charge in [-0.05, 0) is 90.6 Å². The van der Waals surface area contributed by atoms with Crippen LogP contribution in [0.1, 0.15) is 26.3 Å². The van der Waals surface area contributed by atoms with Crippen LogP contribution in [0.25, 0.3) is 0 Å². The molecule has 2 N–H and O–H groups in total. The monoisotopic (exact) mass is 580 g/mol. The number of ether oxygens (including phenoxy) is 2. The van der Waals surface area contributed by atoms with Crippen LogP contribution >= 0.6 is 12.2 Å². The lowest BCUT2D eigenvalue weighted by Crippen LogP contribution is -2.48. The molecule has 4 aromatic carbocycles. The van der Waals surface area contributed by atoms with Crippen molar-refractivity contribution < 1.29 is 19.1 Å². The van der Waals surface area contributed by atoms with Crippen LogP contribution in [0.4, 0.5) is 11.4 Å². The summed E-state index contributed by atoms with van der Waals surface area (Å²) in [6, 6.07) is 31.9. The van der Waals surface area contributed by atoms with Crippen molar-refractivity contribution in [1.29, 1.82) is 0 Å². The first-order chi connectivity index (χ1) is 20.5. The van der Waals surface area contributed by atoms with E-state index in [0.717, 1.165) is 35.8 Å². The van der Waals surface area contributed by atoms with Crippen LogP contribution < -0.4 is 25.0 Å². The number of anilines is 2. The minimum atomic E-state index is -0.305. The Bertz CT molecular complexity index is 1500. The zero-order chi connectivity index (χ0) is 29.3. The molecule has 42 heavy (non-hydrogen) atoms. The highest BCUT2D eigenvalue weighted by Crippen LogP contribution is 2.21. The first kappa shape index (κ1) is 28.6. The number of thiocarbonyl (C=S) groups is 1. The van der Waals surface area contributed by atoms with Crippen LogP contribution in [0.5, 0.6) is 11.5 Å². The Labute approximate surface area is 250 Å². The number of methoxy groups -OCH3 is 1. The summed E-state index contributed by atoms with van der Waals surface area (Å²) in [5.41, 5.74) is 4.03. The number of amides is 2. The van der Waals surface area contributed by atoms with Gasteiger partial charge in [0.25, 0.3) is 11.8 Å². The molecule has 0 spiro atoms. The SMILES string of the molecule is COc1ccc(C(=O)N2CCN(c3ccc(NC(=S)NC(=O)c4ccc(OCc5ccccc5)cc4)cc3)CC2)cc1. The van der Waals surface area contributed by atoms with Gasteiger partial charge in [-0.1, -0.05) is 30.3 Å². The van der Waals surface area contributed by atoms with Gasteiger partial charge in [0.1, 0.15) is 18.1 Å². The Morgan fingerprint density at radius 3 is 2.02 bits per heavy atom. The molecule has 0 saturated carbocycles. The number of nitrogens with one attached hydrogen (secondary N) is 2. The summed E-state index contributed by atoms with van der Waals surface area (Å²) in [5.74, 6) is 1.13. The Kier molecular flexibility index (Phi) is 9.30. The van der Waals surface area contributed by atoms with E-state index in [2.05, 4.69) is 15.5 Å². The zero-order valence-electron chi connectivity index (χ0n) is 23.3. The molecule has 1 fully saturated rings. The summed E-state index contributed by atoms with van der Waals surface area (Å²) in [5, 5.41) is 6.00. The first-order valence-corrected chi connectivity index (χ1v) is 14.1. The van der Waals surface area contributed by atoms with E-state index in [9.17, 15) is 9.59 Å². The van der Waals surface area contributed by atoms with Gasteiger partial charge in [-0.15, -0.1) is 0 Å². The summed E-state index contributed by atoms with van der Waals surface area (Å²) in [7, 11) is 1.61. The second-order valence-electron chi connectivity index (χ2n) is 9.76. The number of nitrogens with zero attached hydrogens (tertiary/aromatic N) is 2. The Hall–Kier alpha value is -4.89. The highest BCUT2D eigenvalue weighted by Gasteiger charge is 2.22. The Balaban J connectivity index is 1.07. The molecular weight excluding hydrogens is 548 g/mol. The molecule has 0 atom stereocenters. The van der Waals surface area contributed by atoms with Crippen molar-refractivity contribution in [2.45, 2.75) is 6.61 Å². The first-order valence-electron chi connectivity index (χ1n) is 13.7. The fourth-order valence-corrected chi connectivity index (χ4v) is 4.83. The van der Waals surface area contributed by atoms with Gasteiger partial charge in [0.05, 0.1) is 7.11 Å². The van der Waals surface area contributed by atoms with Crippen LogP contribution in [0.2, 0.25) is 0 Å². The molecule has 8 nitrogen and oxygen atoms in total. The van der Waals surface area contributed by atoms with Gasteiger partial charge in [0, 0.05) is 48.7 Å². The lowest BCUT2D eigenvalue weighted by molar-refractivity contribution is 0.0746. The molecular formula is C33H32N4O4S. The molecule has 1 heterocycles. The van der Waals surface area contributed by atoms with Crippen molar-refractivity contribution >= 4 is 40.5 Å². The van der Waals surface area contributed by atoms with E-state index in [0.29, 0.717) is 36.6 Å². The molecule has 214 valence electrons. The van der Waals surface area contributed by atoms with Crippen LogP contribution in [0.15, 0.2) is 103 Å². The quantitative estimate of drug-likeness (QED) is 0.272. The number of rotatable bonds is 8. The van der Waals surface area contributed by atoms with Crippen LogP contribution in [-0.4, -0.2) is 55.1 Å². The van der Waals surface area contributed by atoms with Crippen LogP contribution in [0, 0.1) is 0 Å². The topological polar surface area (TPSA) is 83.1 Å². The van der Waals surface area contributed by atoms with Crippen molar-refractivity contribution in [3.05, 3.63) is 120 Å². The number of benzene rings is 4. The molecule has 1 saturated heterocycles. The molecule has 1 aliphatic rings. The van der Waals surface area contributed by atoms with Gasteiger partial charge < -0.3 is 24.6 Å². The van der Waals surface area contributed by atoms with E-state index < -0.39 is 0 Å². The standard InChI is InChI=1S/C33H32N4O4S/c1-40-29-15-9-26(10-16-29)32(39)37-21-19-36(20-22-37)28-13-11-27(12-14-28)34-33(42)35-31(38)25-7-17-30(18-8-25)41-23-24-5-3-2-4-6-24/h2-18H,19-23H2,1H3,(H2,34,35,38,42). The van der Waals surface area contributed by atoms with Gasteiger partial charge in [0.15, 0.2) is 5.11 Å². The molecule has 5 rings (SSSR count). The lowest BCUT2D eigenvalue weighted by atomic mass is 10.1. The normalized spacial score (nSPS) is 12.8. The molecule has 0 bridgehead atoms. The predicted octanol–water partition coefficient (Wildman–Crippen LogP) is 5.36. The van der Waals surface area contributed by atoms with Crippen molar-refractivity contribution in [2.75, 3.05) is 43.5 Å². The third-order valence-electron chi connectivity index (χ3n) is 6.99. The maximum Gasteiger partial charge on any atom is 0.257 e. The van der Waals surface area contributed by atoms with Gasteiger partial charge >= 0.3 is 0 Å². The third kappa shape index (κ3) is 7.44. The van der Waals surface area contributed by atoms with Crippen LogP contribution in [0.3, 0.4) is 0 Å². The second kappa shape index (κ2) is 13.6. The summed E-state index contributed by atoms with van der Waals surface area (Å²) in [4.78, 5) is 29.6. The molecule has 2 amide bonds. The molecule has 0 unspecified atom stereocenters. The highest BCUT2D eigenvalue weighted by atomic mass is 32.1. The fourth-order valence-electron chi connectivity index (χ4n) is 4.62. The maximum absolute atomic E-state index is 12.9. The van der Waals surface area contributed by atoms with E-state index in [-0.39, 0.29) is 16.9 Å². The van der Waals surface area contributed by atoms with Gasteiger partial charge in [-0.2, -0.15) is 0 Å². The Morgan fingerprint density at radius 2 is 1.38 bits per heavy atom. The summed E-state index contributed by atoms with van der Waals surface area (Å²) in [6.07, 6.45) is 0. The lowest BCUT2D eigenvalue weighted by Gasteiger charge is -2.36. The van der Waals surface area contributed by atoms with E-state index >= 15 is 0 Å². The minimum absolute atomic E-state index is 0.0275. The van der Waals surface area contributed by atoms with Crippen molar-refractivity contribution in [3.63, 3.8) is 0 Å². The average Bonchev–Trinajstić information content (AvgIpc) is 3.04. The molecule has 0 radical (unpaired) electrons. The molecule has 1 aliphatic heterocycles. The largest absolute Gasteiger partial charge is 0.497 e. The number of carbonyl (C=O) groups excluding carboxylic acids is 2. The predicted molar refractivity (Wildman–Crippen MR) is 168 cm³/mol. The van der Waals surface area contributed by atoms with E-state index in [1.807, 2.05) is 59.5 Å². The fraction of sp³-hybridized carbons (Fsp3) is 0.182. The Morgan fingerprint density at radius 1 is 0.762 bits per heavy atom. The summed E-state index contributed by atoms with van der Waals surface area (Å²) in [6.45, 7) is 3.21. The summed E-state index contributed by atoms with van der Waals surface area (Å²) < 4.78 is 11.0. The van der Waals surface area contributed by atoms with E-state index in [1.165, 1.54) is 0 Å². The van der Waals surface area contributed by atoms with Crippen molar-refractivity contribution in [1.82, 2.24) is 10.2 Å². The van der Waals surface area contributed by atoms with Crippen molar-refractivity contribution in [2.24, 2.45) is 0 Å². The van der Waals surface area contributed by atoms with Gasteiger partial charge in [-0.3, -0.25) is 14.9 Å². The maximum atomic E-state index is 12.9. The smallest absolute Gasteiger partial charge is 0.257 e. The zero-order valence-corrected chi connectivity index (χ0v) is 24.1. The molecule has 9 heteroatoms. The highest BCUT2D eigenvalue weighted by molar-refractivity contribution is 7.80. The van der Waals surface area contributed by atoms with Crippen LogP contribution in [-0.2, 0) is 6.61 Å². The van der Waals surface area contributed by atoms with Crippen molar-refractivity contribution in [3.8, 4) is 11.5 Å². The minimum Gasteiger partial charge on any atom is -0.497 e. The number of carbonyl (C=O) groups is 2. The van der Waals surface area contributed by atoms with Gasteiger partial charge in [-0.25, -0.2) is 0 Å². The molecule has 4 aromatic rings. The summed E-state index contributed by atoms with van der Waals surface area (Å²) >= 11 is 5.36. The molecule has 0 aliphatic carbocycles. The second-order valence-corrected chi connectivity index (χ2v) is 10.2. The van der Waals surface area contributed by atoms with Gasteiger partial charge in [0.2, 0.25) is 0 Å². The van der Waals surface area contributed by atoms with E-state index in [4.69, 9.17) is 21.7 Å². The average molecular weight is 581 g/mol. The molecule has 0 aromatic heterocycles. The number of hydrogen-bond acceptors (Lipinski definition) is 6.